The van der Waals surface area contributed by atoms with E-state index in [1.807, 2.05) is 0 Å². The Morgan fingerprint density at radius 1 is 1.17 bits per heavy atom. The van der Waals surface area contributed by atoms with Crippen LogP contribution in [-0.2, 0) is 20.6 Å². The van der Waals surface area contributed by atoms with Gasteiger partial charge in [-0.25, -0.2) is 0 Å². The number of carbonyl (C=O) groups is 3. The van der Waals surface area contributed by atoms with Gasteiger partial charge in [-0.05, 0) is 43.4 Å². The smallest absolute Gasteiger partial charge is 0.323 e. The number of fused-ring (bicyclic) bond motifs is 5. The average molecular weight is 573 g/mol. The number of halogens is 6. The van der Waals surface area contributed by atoms with E-state index >= 15 is 0 Å². The molecular formula is C19H16Br2ClF3N2O3. The second kappa shape index (κ2) is 7.48. The molecule has 7 unspecified atom stereocenters. The van der Waals surface area contributed by atoms with Crippen LogP contribution in [0.15, 0.2) is 18.2 Å². The topological polar surface area (TPSA) is 66.5 Å². The summed E-state index contributed by atoms with van der Waals surface area (Å²) in [6, 6.07) is 1.38. The van der Waals surface area contributed by atoms with Gasteiger partial charge >= 0.3 is 6.18 Å². The lowest BCUT2D eigenvalue weighted by atomic mass is 9.81. The summed E-state index contributed by atoms with van der Waals surface area (Å²) >= 11 is 13.1. The quantitative estimate of drug-likeness (QED) is 0.430. The molecule has 1 N–H and O–H groups in total. The maximum Gasteiger partial charge on any atom is 0.416 e. The molecule has 4 rings (SSSR count). The molecule has 30 heavy (non-hydrogen) atoms. The van der Waals surface area contributed by atoms with Crippen LogP contribution >= 0.6 is 43.5 Å². The Balaban J connectivity index is 1.55. The number of nitrogens with one attached hydrogen (secondary N) is 1. The average Bonchev–Trinajstić information content (AvgIpc) is 3.27. The van der Waals surface area contributed by atoms with Gasteiger partial charge in [-0.15, -0.1) is 0 Å². The molecule has 0 radical (unpaired) electrons. The number of anilines is 1. The molecule has 3 amide bonds. The van der Waals surface area contributed by atoms with Crippen LogP contribution in [0.5, 0.6) is 0 Å². The van der Waals surface area contributed by atoms with Crippen molar-refractivity contribution in [2.45, 2.75) is 35.2 Å². The highest BCUT2D eigenvalue weighted by Crippen LogP contribution is 2.60. The molecule has 1 aromatic carbocycles. The van der Waals surface area contributed by atoms with Gasteiger partial charge in [-0.1, -0.05) is 43.5 Å². The van der Waals surface area contributed by atoms with Gasteiger partial charge in [-0.3, -0.25) is 19.3 Å². The van der Waals surface area contributed by atoms with E-state index in [1.165, 1.54) is 6.92 Å². The van der Waals surface area contributed by atoms with Crippen molar-refractivity contribution < 1.29 is 27.6 Å². The molecule has 5 nitrogen and oxygen atoms in total. The lowest BCUT2D eigenvalue weighted by molar-refractivity contribution is -0.146. The number of hydrogen-bond acceptors (Lipinski definition) is 3. The molecule has 7 atom stereocenters. The summed E-state index contributed by atoms with van der Waals surface area (Å²) in [5.41, 5.74) is -1.20. The molecule has 2 aliphatic carbocycles. The molecule has 0 spiro atoms. The van der Waals surface area contributed by atoms with E-state index in [9.17, 15) is 27.6 Å². The van der Waals surface area contributed by atoms with E-state index in [2.05, 4.69) is 37.2 Å². The minimum absolute atomic E-state index is 0.000928. The number of alkyl halides is 5. The number of rotatable bonds is 3. The van der Waals surface area contributed by atoms with Crippen molar-refractivity contribution in [1.82, 2.24) is 4.90 Å². The number of nitrogens with zero attached hydrogens (tertiary/aromatic N) is 1. The molecule has 1 heterocycles. The monoisotopic (exact) mass is 570 g/mol. The van der Waals surface area contributed by atoms with Crippen LogP contribution in [0.4, 0.5) is 18.9 Å². The number of carbonyl (C=O) groups excluding carboxylic acids is 3. The second-order valence-corrected chi connectivity index (χ2v) is 10.4. The lowest BCUT2D eigenvalue weighted by Crippen LogP contribution is -2.46. The summed E-state index contributed by atoms with van der Waals surface area (Å²) in [4.78, 5) is 39.8. The number of imide groups is 1. The van der Waals surface area contributed by atoms with Gasteiger partial charge in [0.2, 0.25) is 17.7 Å². The summed E-state index contributed by atoms with van der Waals surface area (Å²) < 4.78 is 38.9. The van der Waals surface area contributed by atoms with Crippen molar-refractivity contribution in [3.05, 3.63) is 28.8 Å². The lowest BCUT2D eigenvalue weighted by Gasteiger charge is -2.28. The van der Waals surface area contributed by atoms with Crippen molar-refractivity contribution in [2.24, 2.45) is 23.7 Å². The third-order valence-corrected chi connectivity index (χ3v) is 9.88. The summed E-state index contributed by atoms with van der Waals surface area (Å²) in [6.45, 7) is 1.38. The van der Waals surface area contributed by atoms with Crippen molar-refractivity contribution in [3.63, 3.8) is 0 Å². The fourth-order valence-corrected chi connectivity index (χ4v) is 6.94. The first kappa shape index (κ1) is 22.1. The molecule has 2 saturated carbocycles. The molecule has 1 aliphatic heterocycles. The molecule has 3 fully saturated rings. The Bertz CT molecular complexity index is 912. The largest absolute Gasteiger partial charge is 0.416 e. The molecule has 0 aromatic heterocycles. The van der Waals surface area contributed by atoms with Gasteiger partial charge in [0.15, 0.2) is 0 Å². The van der Waals surface area contributed by atoms with Crippen LogP contribution in [0.2, 0.25) is 5.02 Å². The van der Waals surface area contributed by atoms with Crippen LogP contribution in [0.1, 0.15) is 18.9 Å². The standard InChI is InChI=1S/C19H16Br2ClF3N2O3/c1-6(16(28)26-11-4-7(19(23,24)25)2-3-10(11)22)27-17(29)12-8-5-9(13(12)18(27)30)15(21)14(8)20/h2-4,6,8-9,12-15H,5H2,1H3,(H,26,28). The fraction of sp³-hybridized carbons (Fsp3) is 0.526. The Hall–Kier alpha value is -1.13. The van der Waals surface area contributed by atoms with Crippen LogP contribution in [0, 0.1) is 23.7 Å². The van der Waals surface area contributed by atoms with Gasteiger partial charge in [-0.2, -0.15) is 13.2 Å². The summed E-state index contributed by atoms with van der Waals surface area (Å²) in [5.74, 6) is -2.55. The van der Waals surface area contributed by atoms with Crippen LogP contribution in [0.3, 0.4) is 0 Å². The predicted octanol–water partition coefficient (Wildman–Crippen LogP) is 4.46. The van der Waals surface area contributed by atoms with E-state index in [4.69, 9.17) is 11.6 Å². The maximum atomic E-state index is 13.0. The maximum absolute atomic E-state index is 13.0. The first-order chi connectivity index (χ1) is 13.9. The second-order valence-electron chi connectivity index (χ2n) is 7.91. The molecule has 11 heteroatoms. The number of hydrogen-bond donors (Lipinski definition) is 1. The Kier molecular flexibility index (Phi) is 5.50. The van der Waals surface area contributed by atoms with E-state index in [0.29, 0.717) is 0 Å². The number of amides is 3. The van der Waals surface area contributed by atoms with Crippen molar-refractivity contribution in [1.29, 1.82) is 0 Å². The van der Waals surface area contributed by atoms with Gasteiger partial charge in [0.05, 0.1) is 28.1 Å². The normalized spacial score (nSPS) is 33.8. The van der Waals surface area contributed by atoms with Crippen LogP contribution in [-0.4, -0.2) is 38.3 Å². The van der Waals surface area contributed by atoms with Gasteiger partial charge in [0.25, 0.3) is 0 Å². The van der Waals surface area contributed by atoms with E-state index in [1.54, 1.807) is 0 Å². The summed E-state index contributed by atoms with van der Waals surface area (Å²) in [6.07, 6.45) is -3.85. The van der Waals surface area contributed by atoms with Crippen LogP contribution in [0.25, 0.3) is 0 Å². The zero-order valence-electron chi connectivity index (χ0n) is 15.4. The molecule has 1 saturated heterocycles. The van der Waals surface area contributed by atoms with E-state index in [0.717, 1.165) is 29.5 Å². The third-order valence-electron chi connectivity index (χ3n) is 6.34. The highest BCUT2D eigenvalue weighted by molar-refractivity contribution is 9.12. The van der Waals surface area contributed by atoms with E-state index < -0.39 is 47.3 Å². The first-order valence-corrected chi connectivity index (χ1v) is 11.5. The molecule has 162 valence electrons. The third kappa shape index (κ3) is 3.30. The summed E-state index contributed by atoms with van der Waals surface area (Å²) in [5, 5.41) is 2.24. The molecular weight excluding hydrogens is 556 g/mol. The Labute approximate surface area is 191 Å². The zero-order chi connectivity index (χ0) is 22.1. The molecule has 2 bridgehead atoms. The number of benzene rings is 1. The predicted molar refractivity (Wildman–Crippen MR) is 110 cm³/mol. The van der Waals surface area contributed by atoms with Crippen molar-refractivity contribution in [3.8, 4) is 0 Å². The SMILES string of the molecule is CC(C(=O)Nc1cc(C(F)(F)F)ccc1Cl)N1C(=O)C2C3CC(C(Br)C3Br)C2C1=O. The minimum Gasteiger partial charge on any atom is -0.323 e. The fourth-order valence-electron chi connectivity index (χ4n) is 4.91. The van der Waals surface area contributed by atoms with E-state index in [-0.39, 0.29) is 32.2 Å². The van der Waals surface area contributed by atoms with Gasteiger partial charge in [0.1, 0.15) is 6.04 Å². The first-order valence-electron chi connectivity index (χ1n) is 9.26. The van der Waals surface area contributed by atoms with Gasteiger partial charge < -0.3 is 5.32 Å². The zero-order valence-corrected chi connectivity index (χ0v) is 19.3. The van der Waals surface area contributed by atoms with Gasteiger partial charge in [0, 0.05) is 9.65 Å². The minimum atomic E-state index is -4.61. The molecule has 3 aliphatic rings. The van der Waals surface area contributed by atoms with Crippen molar-refractivity contribution in [2.75, 3.05) is 5.32 Å². The van der Waals surface area contributed by atoms with Crippen molar-refractivity contribution >= 4 is 66.9 Å². The number of likely N-dealkylation sites (tertiary alicyclic amines) is 1. The molecule has 1 aromatic rings. The van der Waals surface area contributed by atoms with Crippen LogP contribution < -0.4 is 5.32 Å². The Morgan fingerprint density at radius 3 is 2.20 bits per heavy atom. The Morgan fingerprint density at radius 2 is 1.70 bits per heavy atom. The highest BCUT2D eigenvalue weighted by Gasteiger charge is 2.67. The highest BCUT2D eigenvalue weighted by atomic mass is 79.9. The summed E-state index contributed by atoms with van der Waals surface area (Å²) in [7, 11) is 0.